The molecular weight excluding hydrogens is 285 g/mol. The van der Waals surface area contributed by atoms with E-state index in [1.54, 1.807) is 12.3 Å². The highest BCUT2D eigenvalue weighted by Crippen LogP contribution is 2.38. The molecule has 0 spiro atoms. The summed E-state index contributed by atoms with van der Waals surface area (Å²) < 4.78 is 12.0. The molecule has 2 rings (SSSR count). The van der Waals surface area contributed by atoms with Crippen LogP contribution in [-0.4, -0.2) is 35.3 Å². The smallest absolute Gasteiger partial charge is 0.400 e. The van der Waals surface area contributed by atoms with Gasteiger partial charge in [-0.25, -0.2) is 0 Å². The van der Waals surface area contributed by atoms with Crippen molar-refractivity contribution in [3.8, 4) is 0 Å². The largest absolute Gasteiger partial charge is 0.491 e. The molecule has 0 aliphatic carbocycles. The standard InChI is InChI=1S/C15H20BNO3S/c1-14(2)15(3,4)20-16(19-14)13(10-21)6-11-5-12(9-18)8-17-7-11/h5-9,21H,10H2,1-4H3. The lowest BCUT2D eigenvalue weighted by molar-refractivity contribution is 0.00578. The lowest BCUT2D eigenvalue weighted by atomic mass is 9.78. The van der Waals surface area contributed by atoms with Gasteiger partial charge < -0.3 is 9.31 Å². The van der Waals surface area contributed by atoms with Crippen molar-refractivity contribution < 1.29 is 14.1 Å². The van der Waals surface area contributed by atoms with Gasteiger partial charge >= 0.3 is 7.12 Å². The molecular formula is C15H20BNO3S. The Bertz CT molecular complexity index is 556. The van der Waals surface area contributed by atoms with Crippen molar-refractivity contribution in [2.24, 2.45) is 0 Å². The zero-order chi connectivity index (χ0) is 15.7. The molecule has 1 saturated heterocycles. The molecule has 112 valence electrons. The van der Waals surface area contributed by atoms with E-state index in [-0.39, 0.29) is 11.2 Å². The summed E-state index contributed by atoms with van der Waals surface area (Å²) in [5.74, 6) is 0.502. The topological polar surface area (TPSA) is 48.4 Å². The van der Waals surface area contributed by atoms with E-state index in [2.05, 4.69) is 17.6 Å². The van der Waals surface area contributed by atoms with Crippen molar-refractivity contribution >= 4 is 32.1 Å². The SMILES string of the molecule is CC1(C)OB(C(=Cc2cncc(C=O)c2)CS)OC1(C)C. The molecule has 1 fully saturated rings. The maximum absolute atomic E-state index is 10.8. The summed E-state index contributed by atoms with van der Waals surface area (Å²) in [7, 11) is -0.438. The third-order valence-electron chi connectivity index (χ3n) is 4.01. The van der Waals surface area contributed by atoms with Crippen LogP contribution in [0.15, 0.2) is 23.9 Å². The average molecular weight is 305 g/mol. The van der Waals surface area contributed by atoms with Gasteiger partial charge in [-0.05, 0) is 44.8 Å². The Morgan fingerprint density at radius 3 is 2.33 bits per heavy atom. The Morgan fingerprint density at radius 1 is 1.24 bits per heavy atom. The van der Waals surface area contributed by atoms with Gasteiger partial charge in [-0.3, -0.25) is 9.78 Å². The Labute approximate surface area is 131 Å². The highest BCUT2D eigenvalue weighted by Gasteiger charge is 2.52. The van der Waals surface area contributed by atoms with Gasteiger partial charge in [0.05, 0.1) is 11.2 Å². The second-order valence-electron chi connectivity index (χ2n) is 6.14. The predicted octanol–water partition coefficient (Wildman–Crippen LogP) is 2.84. The number of aldehydes is 1. The fourth-order valence-corrected chi connectivity index (χ4v) is 2.26. The molecule has 6 heteroatoms. The molecule has 1 aromatic rings. The summed E-state index contributed by atoms with van der Waals surface area (Å²) >= 11 is 4.37. The molecule has 0 amide bonds. The Balaban J connectivity index is 2.28. The molecule has 0 saturated carbocycles. The summed E-state index contributed by atoms with van der Waals surface area (Å²) in [5, 5.41) is 0. The zero-order valence-corrected chi connectivity index (χ0v) is 13.7. The quantitative estimate of drug-likeness (QED) is 0.528. The van der Waals surface area contributed by atoms with Crippen LogP contribution in [-0.2, 0) is 9.31 Å². The van der Waals surface area contributed by atoms with Gasteiger partial charge in [0.15, 0.2) is 6.29 Å². The number of carbonyl (C=O) groups excluding carboxylic acids is 1. The summed E-state index contributed by atoms with van der Waals surface area (Å²) in [6.45, 7) is 8.05. The Kier molecular flexibility index (Phi) is 4.61. The van der Waals surface area contributed by atoms with Crippen LogP contribution < -0.4 is 0 Å². The van der Waals surface area contributed by atoms with Crippen LogP contribution in [0.3, 0.4) is 0 Å². The second-order valence-corrected chi connectivity index (χ2v) is 6.45. The van der Waals surface area contributed by atoms with E-state index in [0.717, 1.165) is 17.3 Å². The summed E-state index contributed by atoms with van der Waals surface area (Å²) in [6.07, 6.45) is 5.91. The van der Waals surface area contributed by atoms with Gasteiger partial charge in [0, 0.05) is 23.7 Å². The van der Waals surface area contributed by atoms with Gasteiger partial charge in [0.25, 0.3) is 0 Å². The predicted molar refractivity (Wildman–Crippen MR) is 87.5 cm³/mol. The molecule has 4 nitrogen and oxygen atoms in total. The van der Waals surface area contributed by atoms with E-state index >= 15 is 0 Å². The van der Waals surface area contributed by atoms with Gasteiger partial charge in [0.1, 0.15) is 0 Å². The minimum Gasteiger partial charge on any atom is -0.400 e. The van der Waals surface area contributed by atoms with E-state index in [0.29, 0.717) is 11.3 Å². The lowest BCUT2D eigenvalue weighted by Crippen LogP contribution is -2.41. The summed E-state index contributed by atoms with van der Waals surface area (Å²) in [4.78, 5) is 14.9. The average Bonchev–Trinajstić information content (AvgIpc) is 2.65. The highest BCUT2D eigenvalue weighted by atomic mass is 32.1. The van der Waals surface area contributed by atoms with Crippen LogP contribution in [0.4, 0.5) is 0 Å². The number of hydrogen-bond donors (Lipinski definition) is 1. The second kappa shape index (κ2) is 5.95. The molecule has 0 radical (unpaired) electrons. The first-order chi connectivity index (χ1) is 9.79. The monoisotopic (exact) mass is 305 g/mol. The van der Waals surface area contributed by atoms with Crippen LogP contribution in [0.1, 0.15) is 43.6 Å². The summed E-state index contributed by atoms with van der Waals surface area (Å²) in [5.41, 5.74) is 1.50. The number of thiol groups is 1. The minimum absolute atomic E-state index is 0.386. The number of aromatic nitrogens is 1. The first-order valence-corrected chi connectivity index (χ1v) is 7.49. The number of hydrogen-bond acceptors (Lipinski definition) is 5. The fourth-order valence-electron chi connectivity index (χ4n) is 2.02. The van der Waals surface area contributed by atoms with Crippen LogP contribution in [0.5, 0.6) is 0 Å². The normalized spacial score (nSPS) is 20.6. The van der Waals surface area contributed by atoms with Gasteiger partial charge in [0.2, 0.25) is 0 Å². The molecule has 0 atom stereocenters. The number of rotatable bonds is 4. The zero-order valence-electron chi connectivity index (χ0n) is 12.8. The van der Waals surface area contributed by atoms with Crippen molar-refractivity contribution in [1.82, 2.24) is 4.98 Å². The van der Waals surface area contributed by atoms with E-state index < -0.39 is 7.12 Å². The first-order valence-electron chi connectivity index (χ1n) is 6.86. The third-order valence-corrected chi connectivity index (χ3v) is 4.37. The first kappa shape index (κ1) is 16.3. The van der Waals surface area contributed by atoms with E-state index in [1.807, 2.05) is 33.8 Å². The van der Waals surface area contributed by atoms with Gasteiger partial charge in [-0.1, -0.05) is 6.08 Å². The lowest BCUT2D eigenvalue weighted by Gasteiger charge is -2.32. The Hall–Kier alpha value is -1.11. The molecule has 1 aliphatic heterocycles. The molecule has 2 heterocycles. The summed E-state index contributed by atoms with van der Waals surface area (Å²) in [6, 6.07) is 1.77. The van der Waals surface area contributed by atoms with Crippen LogP contribution >= 0.6 is 12.6 Å². The number of nitrogens with zero attached hydrogens (tertiary/aromatic N) is 1. The molecule has 0 N–H and O–H groups in total. The molecule has 0 bridgehead atoms. The van der Waals surface area contributed by atoms with Gasteiger partial charge in [-0.15, -0.1) is 0 Å². The van der Waals surface area contributed by atoms with Crippen LogP contribution in [0, 0.1) is 0 Å². The van der Waals surface area contributed by atoms with E-state index in [4.69, 9.17) is 9.31 Å². The third kappa shape index (κ3) is 3.39. The van der Waals surface area contributed by atoms with E-state index in [1.165, 1.54) is 6.20 Å². The van der Waals surface area contributed by atoms with Crippen molar-refractivity contribution in [3.05, 3.63) is 35.1 Å². The maximum atomic E-state index is 10.8. The molecule has 21 heavy (non-hydrogen) atoms. The van der Waals surface area contributed by atoms with Crippen LogP contribution in [0.2, 0.25) is 0 Å². The maximum Gasteiger partial charge on any atom is 0.491 e. The van der Waals surface area contributed by atoms with E-state index in [9.17, 15) is 4.79 Å². The fraction of sp³-hybridized carbons (Fsp3) is 0.467. The molecule has 0 unspecified atom stereocenters. The van der Waals surface area contributed by atoms with Crippen molar-refractivity contribution in [3.63, 3.8) is 0 Å². The van der Waals surface area contributed by atoms with Crippen molar-refractivity contribution in [2.45, 2.75) is 38.9 Å². The highest BCUT2D eigenvalue weighted by molar-refractivity contribution is 7.80. The van der Waals surface area contributed by atoms with Crippen LogP contribution in [0.25, 0.3) is 6.08 Å². The van der Waals surface area contributed by atoms with Gasteiger partial charge in [-0.2, -0.15) is 12.6 Å². The Morgan fingerprint density at radius 2 is 1.81 bits per heavy atom. The minimum atomic E-state index is -0.438. The van der Waals surface area contributed by atoms with Crippen molar-refractivity contribution in [2.75, 3.05) is 5.75 Å². The number of pyridine rings is 1. The molecule has 0 aromatic carbocycles. The molecule has 1 aromatic heterocycles. The molecule has 1 aliphatic rings. The van der Waals surface area contributed by atoms with Crippen molar-refractivity contribution in [1.29, 1.82) is 0 Å². The number of carbonyl (C=O) groups is 1.